The Morgan fingerprint density at radius 1 is 1.37 bits per heavy atom. The number of nitrogens with two attached hydrogens (primary N) is 1. The van der Waals surface area contributed by atoms with Gasteiger partial charge in [-0.1, -0.05) is 0 Å². The molecule has 2 rings (SSSR count). The zero-order chi connectivity index (χ0) is 18.4. The highest BCUT2D eigenvalue weighted by Gasteiger charge is 2.34. The number of hydrogen-bond donors (Lipinski definition) is 1. The molecule has 0 saturated carbocycles. The van der Waals surface area contributed by atoms with Crippen LogP contribution in [0, 0.1) is 6.92 Å². The number of likely N-dealkylation sites (tertiary alicyclic amines) is 1. The van der Waals surface area contributed by atoms with Gasteiger partial charge in [-0.3, -0.25) is 9.59 Å². The van der Waals surface area contributed by atoms with Gasteiger partial charge < -0.3 is 15.4 Å². The van der Waals surface area contributed by atoms with Crippen LogP contribution in [-0.2, 0) is 14.3 Å². The maximum atomic E-state index is 12.1. The largest absolute Gasteiger partial charge is 0.466 e. The Hall–Kier alpha value is -1.44. The van der Waals surface area contributed by atoms with Crippen LogP contribution in [0.15, 0.2) is 12.4 Å². The fraction of sp³-hybridized carbons (Fsp3) is 0.667. The van der Waals surface area contributed by atoms with E-state index in [0.29, 0.717) is 31.8 Å². The van der Waals surface area contributed by atoms with Crippen LogP contribution in [0.2, 0.25) is 0 Å². The van der Waals surface area contributed by atoms with Crippen LogP contribution in [0.3, 0.4) is 0 Å². The summed E-state index contributed by atoms with van der Waals surface area (Å²) in [6.45, 7) is 6.67. The molecule has 1 saturated heterocycles. The first-order chi connectivity index (χ1) is 11.9. The lowest BCUT2D eigenvalue weighted by Gasteiger charge is -2.23. The maximum absolute atomic E-state index is 12.1. The van der Waals surface area contributed by atoms with E-state index in [-0.39, 0.29) is 54.7 Å². The first-order valence-electron chi connectivity index (χ1n) is 8.92. The zero-order valence-corrected chi connectivity index (χ0v) is 17.7. The summed E-state index contributed by atoms with van der Waals surface area (Å²) in [5.74, 6) is 0.485. The Bertz CT molecular complexity index is 601. The van der Waals surface area contributed by atoms with Crippen LogP contribution in [0.1, 0.15) is 56.8 Å². The molecule has 1 aliphatic heterocycles. The van der Waals surface area contributed by atoms with Crippen LogP contribution in [0.4, 0.5) is 0 Å². The molecule has 9 heteroatoms. The van der Waals surface area contributed by atoms with Gasteiger partial charge in [-0.2, -0.15) is 0 Å². The van der Waals surface area contributed by atoms with Gasteiger partial charge in [0.1, 0.15) is 5.82 Å². The molecule has 0 aliphatic carbocycles. The van der Waals surface area contributed by atoms with Crippen molar-refractivity contribution in [2.24, 2.45) is 5.73 Å². The van der Waals surface area contributed by atoms with Gasteiger partial charge in [-0.15, -0.1) is 24.8 Å². The van der Waals surface area contributed by atoms with Gasteiger partial charge in [0.15, 0.2) is 0 Å². The highest BCUT2D eigenvalue weighted by atomic mass is 35.5. The molecule has 0 bridgehead atoms. The van der Waals surface area contributed by atoms with E-state index in [1.54, 1.807) is 19.3 Å². The Morgan fingerprint density at radius 2 is 2.00 bits per heavy atom. The Morgan fingerprint density at radius 3 is 2.52 bits per heavy atom. The van der Waals surface area contributed by atoms with Crippen LogP contribution < -0.4 is 5.73 Å². The minimum absolute atomic E-state index is 0. The number of nitrogens with zero attached hydrogens (tertiary/aromatic N) is 3. The van der Waals surface area contributed by atoms with Crippen LogP contribution in [0.25, 0.3) is 0 Å². The number of aromatic nitrogens is 2. The summed E-state index contributed by atoms with van der Waals surface area (Å²) in [6.07, 6.45) is 6.09. The molecular weight excluding hydrogens is 391 g/mol. The predicted octanol–water partition coefficient (Wildman–Crippen LogP) is 2.39. The van der Waals surface area contributed by atoms with Crippen molar-refractivity contribution in [1.29, 1.82) is 0 Å². The van der Waals surface area contributed by atoms with E-state index in [1.165, 1.54) is 0 Å². The van der Waals surface area contributed by atoms with Crippen molar-refractivity contribution < 1.29 is 14.3 Å². The third kappa shape index (κ3) is 7.24. The number of aryl methyl sites for hydroxylation is 1. The van der Waals surface area contributed by atoms with Crippen molar-refractivity contribution in [3.8, 4) is 0 Å². The molecule has 1 aromatic rings. The Kier molecular flexibility index (Phi) is 11.5. The van der Waals surface area contributed by atoms with Crippen molar-refractivity contribution in [3.05, 3.63) is 23.8 Å². The van der Waals surface area contributed by atoms with Gasteiger partial charge >= 0.3 is 5.97 Å². The van der Waals surface area contributed by atoms with Crippen molar-refractivity contribution in [1.82, 2.24) is 14.9 Å². The minimum Gasteiger partial charge on any atom is -0.466 e. The Balaban J connectivity index is 0.00000338. The molecule has 1 amide bonds. The van der Waals surface area contributed by atoms with Gasteiger partial charge in [0, 0.05) is 25.0 Å². The monoisotopic (exact) mass is 420 g/mol. The third-order valence-corrected chi connectivity index (χ3v) is 4.67. The van der Waals surface area contributed by atoms with Crippen LogP contribution in [-0.4, -0.2) is 52.0 Å². The highest BCUT2D eigenvalue weighted by molar-refractivity contribution is 5.85. The number of rotatable bonds is 8. The van der Waals surface area contributed by atoms with Gasteiger partial charge in [0.25, 0.3) is 0 Å². The van der Waals surface area contributed by atoms with Crippen molar-refractivity contribution in [2.75, 3.05) is 13.2 Å². The topological polar surface area (TPSA) is 98.4 Å². The lowest BCUT2D eigenvalue weighted by atomic mass is 9.93. The first kappa shape index (κ1) is 25.6. The van der Waals surface area contributed by atoms with Gasteiger partial charge in [-0.25, -0.2) is 9.97 Å². The smallest absolute Gasteiger partial charge is 0.306 e. The second-order valence-corrected chi connectivity index (χ2v) is 6.63. The fourth-order valence-electron chi connectivity index (χ4n) is 3.29. The second-order valence-electron chi connectivity index (χ2n) is 6.63. The first-order valence-corrected chi connectivity index (χ1v) is 8.92. The Labute approximate surface area is 173 Å². The average Bonchev–Trinajstić information content (AvgIpc) is 2.81. The summed E-state index contributed by atoms with van der Waals surface area (Å²) in [4.78, 5) is 34.3. The number of carbonyl (C=O) groups excluding carboxylic acids is 2. The van der Waals surface area contributed by atoms with Crippen molar-refractivity contribution in [2.45, 2.75) is 64.5 Å². The number of amides is 1. The summed E-state index contributed by atoms with van der Waals surface area (Å²) in [7, 11) is 0. The molecular formula is C18H30Cl2N4O3. The molecule has 2 N–H and O–H groups in total. The molecule has 27 heavy (non-hydrogen) atoms. The zero-order valence-electron chi connectivity index (χ0n) is 16.1. The summed E-state index contributed by atoms with van der Waals surface area (Å²) >= 11 is 0. The lowest BCUT2D eigenvalue weighted by Crippen LogP contribution is -2.36. The number of esters is 1. The van der Waals surface area contributed by atoms with E-state index in [0.717, 1.165) is 18.4 Å². The van der Waals surface area contributed by atoms with Crippen LogP contribution in [0.5, 0.6) is 0 Å². The molecule has 2 heterocycles. The fourth-order valence-corrected chi connectivity index (χ4v) is 3.29. The second kappa shape index (κ2) is 12.1. The molecule has 1 aromatic heterocycles. The number of hydrogen-bond acceptors (Lipinski definition) is 6. The van der Waals surface area contributed by atoms with Crippen molar-refractivity contribution in [3.63, 3.8) is 0 Å². The predicted molar refractivity (Wildman–Crippen MR) is 108 cm³/mol. The molecule has 154 valence electrons. The van der Waals surface area contributed by atoms with E-state index in [4.69, 9.17) is 10.5 Å². The van der Waals surface area contributed by atoms with Crippen LogP contribution >= 0.6 is 24.8 Å². The van der Waals surface area contributed by atoms with Gasteiger partial charge in [0.05, 0.1) is 19.1 Å². The molecule has 7 nitrogen and oxygen atoms in total. The average molecular weight is 421 g/mol. The van der Waals surface area contributed by atoms with E-state index in [1.807, 2.05) is 18.7 Å². The summed E-state index contributed by atoms with van der Waals surface area (Å²) in [5, 5.41) is 0. The lowest BCUT2D eigenvalue weighted by molar-refractivity contribution is -0.143. The SMILES string of the molecule is CCOC(=O)C[C@H](CCCN1C(=O)[C@@H](N)C[C@H]1C)c1cnc(C)nc1.Cl.Cl. The molecule has 0 aromatic carbocycles. The number of halogens is 2. The minimum atomic E-state index is -0.379. The third-order valence-electron chi connectivity index (χ3n) is 4.67. The normalized spacial score (nSPS) is 19.9. The summed E-state index contributed by atoms with van der Waals surface area (Å²) in [6, 6.07) is -0.204. The highest BCUT2D eigenvalue weighted by Crippen LogP contribution is 2.26. The molecule has 1 fully saturated rings. The number of carbonyl (C=O) groups is 2. The molecule has 3 atom stereocenters. The van der Waals surface area contributed by atoms with E-state index < -0.39 is 0 Å². The van der Waals surface area contributed by atoms with E-state index >= 15 is 0 Å². The standard InChI is InChI=1S/C18H28N4O3.2ClH/c1-4-25-17(23)9-14(15-10-20-13(3)21-11-15)6-5-7-22-12(2)8-16(19)18(22)24;;/h10-12,14,16H,4-9,19H2,1-3H3;2*1H/t12-,14+,16+;;/m1../s1. The quantitative estimate of drug-likeness (QED) is 0.648. The number of ether oxygens (including phenoxy) is 1. The molecule has 0 radical (unpaired) electrons. The van der Waals surface area contributed by atoms with Gasteiger partial charge in [-0.05, 0) is 51.5 Å². The van der Waals surface area contributed by atoms with E-state index in [9.17, 15) is 9.59 Å². The summed E-state index contributed by atoms with van der Waals surface area (Å²) < 4.78 is 5.08. The maximum Gasteiger partial charge on any atom is 0.306 e. The van der Waals surface area contributed by atoms with Gasteiger partial charge in [0.2, 0.25) is 5.91 Å². The molecule has 0 unspecified atom stereocenters. The van der Waals surface area contributed by atoms with Crippen molar-refractivity contribution >= 4 is 36.7 Å². The summed E-state index contributed by atoms with van der Waals surface area (Å²) in [5.41, 5.74) is 6.75. The molecule has 1 aliphatic rings. The van der Waals surface area contributed by atoms with E-state index in [2.05, 4.69) is 9.97 Å². The molecule has 0 spiro atoms.